The Kier molecular flexibility index (Phi) is 4.87. The summed E-state index contributed by atoms with van der Waals surface area (Å²) in [4.78, 5) is 0. The Morgan fingerprint density at radius 1 is 0.905 bits per heavy atom. The van der Waals surface area contributed by atoms with Crippen molar-refractivity contribution in [1.82, 2.24) is 0 Å². The first-order valence-electron chi connectivity index (χ1n) is 8.44. The van der Waals surface area contributed by atoms with Crippen LogP contribution in [0.25, 0.3) is 0 Å². The molecule has 0 N–H and O–H groups in total. The monoisotopic (exact) mass is 409 g/mol. The number of ether oxygens (including phenoxy) is 3. The molecule has 3 atom stereocenters. The van der Waals surface area contributed by atoms with Crippen LogP contribution < -0.4 is 24.0 Å². The van der Waals surface area contributed by atoms with E-state index >= 15 is 0 Å². The average Bonchev–Trinajstić information content (AvgIpc) is 2.88. The van der Waals surface area contributed by atoms with Crippen LogP contribution in [-0.4, -0.2) is 62.9 Å². The minimum absolute atomic E-state index is 0. The second-order valence-corrected chi connectivity index (χ2v) is 7.34. The van der Waals surface area contributed by atoms with Gasteiger partial charge in [-0.1, -0.05) is 6.42 Å². The largest absolute Gasteiger partial charge is 1.00 e. The minimum Gasteiger partial charge on any atom is -1.00 e. The number of hydrogen-bond acceptors (Lipinski definition) is 3. The number of quaternary nitrogens is 1. The molecule has 4 rings (SSSR count). The van der Waals surface area contributed by atoms with Crippen molar-refractivity contribution in [3.05, 3.63) is 0 Å². The zero-order valence-electron chi connectivity index (χ0n) is 13.1. The maximum absolute atomic E-state index is 6.25. The smallest absolute Gasteiger partial charge is 0.179 e. The van der Waals surface area contributed by atoms with E-state index in [-0.39, 0.29) is 29.8 Å². The first kappa shape index (κ1) is 16.4. The van der Waals surface area contributed by atoms with Crippen molar-refractivity contribution in [2.24, 2.45) is 11.8 Å². The normalized spacial score (nSPS) is 40.7. The Morgan fingerprint density at radius 3 is 2.33 bits per heavy atom. The molecule has 4 fully saturated rings. The molecular formula is C16H28INO3. The number of hydrogen-bond donors (Lipinski definition) is 0. The molecule has 4 nitrogen and oxygen atoms in total. The van der Waals surface area contributed by atoms with E-state index < -0.39 is 0 Å². The summed E-state index contributed by atoms with van der Waals surface area (Å²) in [6.07, 6.45) is 6.58. The van der Waals surface area contributed by atoms with Gasteiger partial charge in [-0.25, -0.2) is 0 Å². The van der Waals surface area contributed by atoms with Gasteiger partial charge < -0.3 is 42.7 Å². The standard InChI is InChI=1S/C16H28NO3.HI/c1-17(7-9-18-10-8-17)15-6-5-13-3-2-4-14(15)16(13)19-11-12-20-16;/h13-15H,2-12H2,1H3;1H/q+1;/p-1. The third-order valence-electron chi connectivity index (χ3n) is 6.46. The van der Waals surface area contributed by atoms with Gasteiger partial charge in [0.05, 0.1) is 45.4 Å². The first-order valence-corrected chi connectivity index (χ1v) is 8.44. The van der Waals surface area contributed by atoms with Crippen LogP contribution in [0.15, 0.2) is 0 Å². The van der Waals surface area contributed by atoms with Crippen LogP contribution in [0.1, 0.15) is 32.1 Å². The summed E-state index contributed by atoms with van der Waals surface area (Å²) in [5, 5.41) is 0. The van der Waals surface area contributed by atoms with Gasteiger partial charge >= 0.3 is 0 Å². The van der Waals surface area contributed by atoms with Gasteiger partial charge in [0.25, 0.3) is 0 Å². The van der Waals surface area contributed by atoms with Crippen LogP contribution in [-0.2, 0) is 14.2 Å². The van der Waals surface area contributed by atoms with Gasteiger partial charge in [-0.2, -0.15) is 0 Å². The predicted octanol–water partition coefficient (Wildman–Crippen LogP) is -1.21. The molecule has 2 bridgehead atoms. The molecule has 4 aliphatic rings. The van der Waals surface area contributed by atoms with Crippen molar-refractivity contribution < 1.29 is 42.7 Å². The van der Waals surface area contributed by atoms with Crippen LogP contribution in [0.2, 0.25) is 0 Å². The van der Waals surface area contributed by atoms with Crippen LogP contribution >= 0.6 is 0 Å². The maximum atomic E-state index is 6.25. The molecule has 0 aromatic heterocycles. The summed E-state index contributed by atoms with van der Waals surface area (Å²) in [5.41, 5.74) is 0. The Morgan fingerprint density at radius 2 is 1.62 bits per heavy atom. The highest BCUT2D eigenvalue weighted by Gasteiger charge is 2.61. The Hall–Kier alpha value is 0.570. The van der Waals surface area contributed by atoms with Crippen LogP contribution in [0.5, 0.6) is 0 Å². The van der Waals surface area contributed by atoms with E-state index in [1.165, 1.54) is 36.6 Å². The van der Waals surface area contributed by atoms with Crippen LogP contribution in [0.4, 0.5) is 0 Å². The van der Waals surface area contributed by atoms with Gasteiger partial charge in [-0.05, 0) is 19.3 Å². The summed E-state index contributed by atoms with van der Waals surface area (Å²) in [7, 11) is 2.44. The predicted molar refractivity (Wildman–Crippen MR) is 75.2 cm³/mol. The molecular weight excluding hydrogens is 381 g/mol. The van der Waals surface area contributed by atoms with E-state index in [2.05, 4.69) is 7.05 Å². The van der Waals surface area contributed by atoms with Gasteiger partial charge in [0.1, 0.15) is 13.1 Å². The molecule has 0 aromatic rings. The summed E-state index contributed by atoms with van der Waals surface area (Å²) < 4.78 is 19.3. The third kappa shape index (κ3) is 2.57. The zero-order valence-corrected chi connectivity index (χ0v) is 15.2. The number of halogens is 1. The summed E-state index contributed by atoms with van der Waals surface area (Å²) in [6.45, 7) is 5.73. The molecule has 5 heteroatoms. The number of morpholine rings is 1. The summed E-state index contributed by atoms with van der Waals surface area (Å²) in [5.74, 6) is 1.02. The Labute approximate surface area is 145 Å². The molecule has 0 aromatic carbocycles. The van der Waals surface area contributed by atoms with Crippen molar-refractivity contribution in [3.63, 3.8) is 0 Å². The number of likely N-dealkylation sites (N-methyl/N-ethyl adjacent to an activating group) is 1. The Balaban J connectivity index is 0.00000132. The first-order chi connectivity index (χ1) is 9.75. The highest BCUT2D eigenvalue weighted by atomic mass is 127. The fourth-order valence-corrected chi connectivity index (χ4v) is 5.40. The van der Waals surface area contributed by atoms with Crippen LogP contribution in [0, 0.1) is 11.8 Å². The van der Waals surface area contributed by atoms with Crippen molar-refractivity contribution in [1.29, 1.82) is 0 Å². The SMILES string of the molecule is C[N+]1(C2CCC3CCCC2C32OCCO2)CCOCC1.[I-]. The molecule has 122 valence electrons. The van der Waals surface area contributed by atoms with Crippen molar-refractivity contribution in [2.75, 3.05) is 46.6 Å². The molecule has 2 saturated heterocycles. The second kappa shape index (κ2) is 6.23. The van der Waals surface area contributed by atoms with Gasteiger partial charge in [-0.15, -0.1) is 0 Å². The molecule has 0 amide bonds. The molecule has 3 unspecified atom stereocenters. The van der Waals surface area contributed by atoms with Gasteiger partial charge in [0.15, 0.2) is 5.79 Å². The highest BCUT2D eigenvalue weighted by Crippen LogP contribution is 2.53. The summed E-state index contributed by atoms with van der Waals surface area (Å²) >= 11 is 0. The fourth-order valence-electron chi connectivity index (χ4n) is 5.40. The van der Waals surface area contributed by atoms with E-state index in [0.717, 1.165) is 39.5 Å². The van der Waals surface area contributed by atoms with Crippen molar-refractivity contribution >= 4 is 0 Å². The third-order valence-corrected chi connectivity index (χ3v) is 6.46. The summed E-state index contributed by atoms with van der Waals surface area (Å²) in [6, 6.07) is 0.702. The van der Waals surface area contributed by atoms with E-state index in [9.17, 15) is 0 Å². The average molecular weight is 409 g/mol. The lowest BCUT2D eigenvalue weighted by Gasteiger charge is -2.57. The van der Waals surface area contributed by atoms with Crippen LogP contribution in [0.3, 0.4) is 0 Å². The maximum Gasteiger partial charge on any atom is 0.179 e. The zero-order chi connectivity index (χ0) is 13.6. The molecule has 2 aliphatic heterocycles. The quantitative estimate of drug-likeness (QED) is 0.402. The minimum atomic E-state index is -0.221. The van der Waals surface area contributed by atoms with Gasteiger partial charge in [-0.3, -0.25) is 0 Å². The van der Waals surface area contributed by atoms with E-state index in [1.807, 2.05) is 0 Å². The molecule has 1 spiro atoms. The molecule has 2 aliphatic carbocycles. The molecule has 0 radical (unpaired) electrons. The lowest BCUT2D eigenvalue weighted by molar-refractivity contribution is -0.947. The van der Waals surface area contributed by atoms with E-state index in [4.69, 9.17) is 14.2 Å². The van der Waals surface area contributed by atoms with Gasteiger partial charge in [0, 0.05) is 12.3 Å². The van der Waals surface area contributed by atoms with Crippen molar-refractivity contribution in [3.8, 4) is 0 Å². The van der Waals surface area contributed by atoms with Gasteiger partial charge in [0.2, 0.25) is 0 Å². The number of nitrogens with zero attached hydrogens (tertiary/aromatic N) is 1. The Bertz CT molecular complexity index is 367. The molecule has 2 heterocycles. The topological polar surface area (TPSA) is 27.7 Å². The van der Waals surface area contributed by atoms with E-state index in [0.29, 0.717) is 17.9 Å². The highest BCUT2D eigenvalue weighted by molar-refractivity contribution is 5.00. The second-order valence-electron chi connectivity index (χ2n) is 7.34. The fraction of sp³-hybridized carbons (Fsp3) is 1.00. The lowest BCUT2D eigenvalue weighted by Crippen LogP contribution is -3.00. The van der Waals surface area contributed by atoms with E-state index in [1.54, 1.807) is 0 Å². The molecule has 21 heavy (non-hydrogen) atoms. The molecule has 2 saturated carbocycles. The number of rotatable bonds is 1. The lowest BCUT2D eigenvalue weighted by atomic mass is 9.64. The van der Waals surface area contributed by atoms with Crippen molar-refractivity contribution in [2.45, 2.75) is 43.9 Å².